The maximum Gasteiger partial charge on any atom is 0.305 e. The summed E-state index contributed by atoms with van der Waals surface area (Å²) in [5.41, 5.74) is 3.79. The fourth-order valence-corrected chi connectivity index (χ4v) is 4.39. The molecule has 1 N–H and O–H groups in total. The van der Waals surface area contributed by atoms with E-state index >= 15 is 0 Å². The zero-order chi connectivity index (χ0) is 23.6. The summed E-state index contributed by atoms with van der Waals surface area (Å²) in [6.45, 7) is 2.95. The van der Waals surface area contributed by atoms with E-state index in [0.29, 0.717) is 13.0 Å². The summed E-state index contributed by atoms with van der Waals surface area (Å²) in [7, 11) is 0. The number of nitrogens with one attached hydrogen (secondary N) is 1. The zero-order valence-corrected chi connectivity index (χ0v) is 20.9. The number of para-hydroxylation sites is 1. The maximum absolute atomic E-state index is 12.1. The van der Waals surface area contributed by atoms with Gasteiger partial charge in [-0.3, -0.25) is 20.0 Å². The first-order valence-electron chi connectivity index (χ1n) is 13.5. The minimum absolute atomic E-state index is 0.0846. The Morgan fingerprint density at radius 2 is 1.36 bits per heavy atom. The average Bonchev–Trinajstić information content (AvgIpc) is 3.21. The van der Waals surface area contributed by atoms with Gasteiger partial charge >= 0.3 is 5.97 Å². The number of anilines is 1. The number of unbranched alkanes of at least 4 members (excludes halogenated alkanes) is 14. The second kappa shape index (κ2) is 17.4. The summed E-state index contributed by atoms with van der Waals surface area (Å²) < 4.78 is 5.37. The van der Waals surface area contributed by atoms with E-state index in [0.717, 1.165) is 18.5 Å². The van der Waals surface area contributed by atoms with Crippen molar-refractivity contribution in [1.29, 1.82) is 0 Å². The summed E-state index contributed by atoms with van der Waals surface area (Å²) in [4.78, 5) is 24.2. The number of carbonyl (C=O) groups is 2. The molecule has 1 amide bonds. The lowest BCUT2D eigenvalue weighted by Gasteiger charge is -2.17. The fourth-order valence-electron chi connectivity index (χ4n) is 4.39. The van der Waals surface area contributed by atoms with E-state index in [1.54, 1.807) is 0 Å². The van der Waals surface area contributed by atoms with Crippen molar-refractivity contribution in [2.75, 3.05) is 18.2 Å². The van der Waals surface area contributed by atoms with Gasteiger partial charge in [0.1, 0.15) is 6.61 Å². The number of nitrogens with zero attached hydrogens (tertiary/aromatic N) is 1. The number of esters is 1. The molecule has 1 atom stereocenters. The molecule has 0 aliphatic carbocycles. The first kappa shape index (κ1) is 27.2. The third kappa shape index (κ3) is 12.1. The first-order valence-corrected chi connectivity index (χ1v) is 13.5. The summed E-state index contributed by atoms with van der Waals surface area (Å²) in [6.07, 6.45) is 20.1. The summed E-state index contributed by atoms with van der Waals surface area (Å²) in [5.74, 6) is -0.579. The van der Waals surface area contributed by atoms with E-state index in [-0.39, 0.29) is 24.4 Å². The van der Waals surface area contributed by atoms with Gasteiger partial charge in [0.05, 0.1) is 18.2 Å². The molecule has 33 heavy (non-hydrogen) atoms. The molecular weight excluding hydrogens is 412 g/mol. The molecule has 0 radical (unpaired) electrons. The van der Waals surface area contributed by atoms with Crippen LogP contribution in [0.1, 0.15) is 110 Å². The normalized spacial score (nSPS) is 15.6. The predicted molar refractivity (Wildman–Crippen MR) is 136 cm³/mol. The van der Waals surface area contributed by atoms with Crippen molar-refractivity contribution in [2.45, 2.75) is 110 Å². The quantitative estimate of drug-likeness (QED) is 0.180. The molecule has 1 aromatic rings. The van der Waals surface area contributed by atoms with Crippen LogP contribution in [0.4, 0.5) is 5.69 Å². The Morgan fingerprint density at radius 1 is 0.848 bits per heavy atom. The minimum atomic E-state index is -0.310. The van der Waals surface area contributed by atoms with Gasteiger partial charge in [-0.25, -0.2) is 0 Å². The number of hydrogen-bond donors (Lipinski definition) is 1. The van der Waals surface area contributed by atoms with Gasteiger partial charge in [0, 0.05) is 6.42 Å². The van der Waals surface area contributed by atoms with Crippen LogP contribution >= 0.6 is 0 Å². The SMILES string of the molecule is CCCCCCCCCCCCCCCCCC(=O)OCC1CN(c2ccccc2)NC1=O. The van der Waals surface area contributed by atoms with Crippen LogP contribution in [0.3, 0.4) is 0 Å². The van der Waals surface area contributed by atoms with E-state index in [4.69, 9.17) is 4.74 Å². The van der Waals surface area contributed by atoms with Gasteiger partial charge in [0.25, 0.3) is 0 Å². The summed E-state index contributed by atoms with van der Waals surface area (Å²) in [5, 5.41) is 1.81. The molecule has 5 nitrogen and oxygen atoms in total. The Hall–Kier alpha value is -2.04. The predicted octanol–water partition coefficient (Wildman–Crippen LogP) is 6.96. The molecule has 186 valence electrons. The monoisotopic (exact) mass is 458 g/mol. The number of rotatable bonds is 19. The average molecular weight is 459 g/mol. The molecule has 0 spiro atoms. The fraction of sp³-hybridized carbons (Fsp3) is 0.714. The van der Waals surface area contributed by atoms with Crippen molar-refractivity contribution in [2.24, 2.45) is 5.92 Å². The van der Waals surface area contributed by atoms with Gasteiger partial charge in [-0.2, -0.15) is 0 Å². The molecule has 5 heteroatoms. The number of benzene rings is 1. The van der Waals surface area contributed by atoms with Gasteiger partial charge in [0.2, 0.25) is 5.91 Å². The van der Waals surface area contributed by atoms with Crippen LogP contribution in [0, 0.1) is 5.92 Å². The van der Waals surface area contributed by atoms with Crippen molar-refractivity contribution >= 4 is 17.6 Å². The van der Waals surface area contributed by atoms with E-state index in [1.807, 2.05) is 35.3 Å². The van der Waals surface area contributed by atoms with Gasteiger partial charge in [-0.15, -0.1) is 0 Å². The molecule has 1 saturated heterocycles. The highest BCUT2D eigenvalue weighted by Gasteiger charge is 2.31. The molecule has 1 fully saturated rings. The van der Waals surface area contributed by atoms with Gasteiger partial charge in [-0.05, 0) is 18.6 Å². The van der Waals surface area contributed by atoms with Gasteiger partial charge < -0.3 is 4.74 Å². The second-order valence-electron chi connectivity index (χ2n) is 9.50. The third-order valence-corrected chi connectivity index (χ3v) is 6.52. The Morgan fingerprint density at radius 3 is 1.91 bits per heavy atom. The van der Waals surface area contributed by atoms with Crippen molar-refractivity contribution in [3.63, 3.8) is 0 Å². The molecule has 1 aliphatic heterocycles. The molecule has 1 unspecified atom stereocenters. The Balaban J connectivity index is 1.37. The van der Waals surface area contributed by atoms with Crippen molar-refractivity contribution in [1.82, 2.24) is 5.43 Å². The Labute approximate surface area is 201 Å². The standard InChI is InChI=1S/C28H46N2O3/c1-2-3-4-5-6-7-8-9-10-11-12-13-14-15-19-22-27(31)33-24-25-23-30(29-28(25)32)26-20-17-16-18-21-26/h16-18,20-21,25H,2-15,19,22-24H2,1H3,(H,29,32). The highest BCUT2D eigenvalue weighted by Crippen LogP contribution is 2.19. The maximum atomic E-state index is 12.1. The molecule has 1 aromatic carbocycles. The molecule has 0 bridgehead atoms. The van der Waals surface area contributed by atoms with E-state index in [1.165, 1.54) is 83.5 Å². The van der Waals surface area contributed by atoms with Crippen molar-refractivity contribution in [3.05, 3.63) is 30.3 Å². The smallest absolute Gasteiger partial charge is 0.305 e. The molecular formula is C28H46N2O3. The molecule has 1 aliphatic rings. The van der Waals surface area contributed by atoms with Crippen LogP contribution in [-0.4, -0.2) is 25.0 Å². The van der Waals surface area contributed by atoms with Crippen LogP contribution in [0.2, 0.25) is 0 Å². The van der Waals surface area contributed by atoms with Gasteiger partial charge in [-0.1, -0.05) is 115 Å². The van der Waals surface area contributed by atoms with Crippen LogP contribution < -0.4 is 10.4 Å². The number of hydrogen-bond acceptors (Lipinski definition) is 4. The lowest BCUT2D eigenvalue weighted by atomic mass is 10.0. The van der Waals surface area contributed by atoms with Crippen LogP contribution in [0.25, 0.3) is 0 Å². The van der Waals surface area contributed by atoms with Crippen LogP contribution in [0.5, 0.6) is 0 Å². The number of carbonyl (C=O) groups excluding carboxylic acids is 2. The highest BCUT2D eigenvalue weighted by atomic mass is 16.5. The highest BCUT2D eigenvalue weighted by molar-refractivity contribution is 5.84. The number of ether oxygens (including phenoxy) is 1. The van der Waals surface area contributed by atoms with Gasteiger partial charge in [0.15, 0.2) is 0 Å². The molecule has 0 aromatic heterocycles. The molecule has 2 rings (SSSR count). The second-order valence-corrected chi connectivity index (χ2v) is 9.50. The number of hydrazine groups is 1. The molecule has 1 heterocycles. The van der Waals surface area contributed by atoms with Crippen molar-refractivity contribution < 1.29 is 14.3 Å². The van der Waals surface area contributed by atoms with E-state index in [2.05, 4.69) is 12.3 Å². The topological polar surface area (TPSA) is 58.6 Å². The van der Waals surface area contributed by atoms with E-state index in [9.17, 15) is 9.59 Å². The summed E-state index contributed by atoms with van der Waals surface area (Å²) >= 11 is 0. The first-order chi connectivity index (χ1) is 16.2. The number of amides is 1. The van der Waals surface area contributed by atoms with Crippen LogP contribution in [0.15, 0.2) is 30.3 Å². The lowest BCUT2D eigenvalue weighted by molar-refractivity contribution is -0.145. The van der Waals surface area contributed by atoms with Crippen molar-refractivity contribution in [3.8, 4) is 0 Å². The van der Waals surface area contributed by atoms with Crippen LogP contribution in [-0.2, 0) is 14.3 Å². The summed E-state index contributed by atoms with van der Waals surface area (Å²) in [6, 6.07) is 9.72. The lowest BCUT2D eigenvalue weighted by Crippen LogP contribution is -2.32. The Bertz CT molecular complexity index is 650. The zero-order valence-electron chi connectivity index (χ0n) is 20.9. The Kier molecular flexibility index (Phi) is 14.4. The molecule has 0 saturated carbocycles. The largest absolute Gasteiger partial charge is 0.465 e. The minimum Gasteiger partial charge on any atom is -0.465 e. The third-order valence-electron chi connectivity index (χ3n) is 6.52. The van der Waals surface area contributed by atoms with E-state index < -0.39 is 0 Å².